The van der Waals surface area contributed by atoms with E-state index >= 15 is 0 Å². The predicted octanol–water partition coefficient (Wildman–Crippen LogP) is 0.702. The summed E-state index contributed by atoms with van der Waals surface area (Å²) in [5.74, 6) is -2.89. The summed E-state index contributed by atoms with van der Waals surface area (Å²) in [6, 6.07) is 8.83. The maximum Gasteiger partial charge on any atom is 0.272 e. The second kappa shape index (κ2) is 8.03. The normalized spacial score (nSPS) is 22.8. The molecule has 0 aromatic heterocycles. The van der Waals surface area contributed by atoms with E-state index in [-0.39, 0.29) is 18.0 Å². The molecule has 0 unspecified atom stereocenters. The van der Waals surface area contributed by atoms with E-state index < -0.39 is 35.5 Å². The number of hydrogen-bond donors (Lipinski definition) is 4. The van der Waals surface area contributed by atoms with Gasteiger partial charge in [0.05, 0.1) is 6.42 Å². The number of amides is 3. The van der Waals surface area contributed by atoms with Crippen molar-refractivity contribution in [3.05, 3.63) is 47.4 Å². The van der Waals surface area contributed by atoms with Crippen LogP contribution in [0.4, 0.5) is 0 Å². The number of nitrogens with one attached hydrogen (secondary N) is 3. The van der Waals surface area contributed by atoms with Gasteiger partial charge in [-0.1, -0.05) is 18.2 Å². The van der Waals surface area contributed by atoms with Crippen molar-refractivity contribution in [2.75, 3.05) is 0 Å². The second-order valence-electron chi connectivity index (χ2n) is 6.73. The highest BCUT2D eigenvalue weighted by molar-refractivity contribution is 6.15. The van der Waals surface area contributed by atoms with Gasteiger partial charge in [0.25, 0.3) is 11.8 Å². The van der Waals surface area contributed by atoms with Gasteiger partial charge in [-0.3, -0.25) is 19.2 Å². The van der Waals surface area contributed by atoms with E-state index in [0.717, 1.165) is 0 Å². The van der Waals surface area contributed by atoms with Gasteiger partial charge in [0.15, 0.2) is 11.5 Å². The zero-order valence-corrected chi connectivity index (χ0v) is 14.7. The summed E-state index contributed by atoms with van der Waals surface area (Å²) in [6.07, 6.45) is 2.21. The van der Waals surface area contributed by atoms with Gasteiger partial charge in [0, 0.05) is 17.6 Å². The molecule has 142 valence electrons. The second-order valence-corrected chi connectivity index (χ2v) is 6.73. The number of aliphatic hydroxyl groups is 1. The van der Waals surface area contributed by atoms with E-state index in [4.69, 9.17) is 0 Å². The smallest absolute Gasteiger partial charge is 0.272 e. The van der Waals surface area contributed by atoms with Crippen LogP contribution in [0.2, 0.25) is 0 Å². The quantitative estimate of drug-likeness (QED) is 0.580. The van der Waals surface area contributed by atoms with Crippen molar-refractivity contribution in [3.8, 4) is 0 Å². The Hall–Kier alpha value is -3.16. The first kappa shape index (κ1) is 18.6. The molecule has 3 rings (SSSR count). The highest BCUT2D eigenvalue weighted by Gasteiger charge is 2.31. The summed E-state index contributed by atoms with van der Waals surface area (Å²) in [4.78, 5) is 47.3. The number of carbonyl (C=O) groups excluding carboxylic acids is 4. The van der Waals surface area contributed by atoms with Crippen LogP contribution in [0.15, 0.2) is 41.8 Å². The van der Waals surface area contributed by atoms with Crippen molar-refractivity contribution in [2.24, 2.45) is 0 Å². The molecule has 8 nitrogen and oxygen atoms in total. The minimum absolute atomic E-state index is 0.0226. The first-order chi connectivity index (χ1) is 12.9. The van der Waals surface area contributed by atoms with Gasteiger partial charge in [-0.15, -0.1) is 0 Å². The zero-order chi connectivity index (χ0) is 19.4. The van der Waals surface area contributed by atoms with Gasteiger partial charge in [0.1, 0.15) is 0 Å². The summed E-state index contributed by atoms with van der Waals surface area (Å²) >= 11 is 0. The number of rotatable bonds is 4. The Morgan fingerprint density at radius 2 is 1.48 bits per heavy atom. The molecule has 4 N–H and O–H groups in total. The summed E-state index contributed by atoms with van der Waals surface area (Å²) < 4.78 is 0. The fraction of sp³-hybridized carbons (Fsp3) is 0.368. The zero-order valence-electron chi connectivity index (χ0n) is 14.7. The Labute approximate surface area is 156 Å². The average molecular weight is 371 g/mol. The van der Waals surface area contributed by atoms with E-state index in [1.54, 1.807) is 24.3 Å². The van der Waals surface area contributed by atoms with Crippen LogP contribution in [0.25, 0.3) is 0 Å². The molecule has 2 aliphatic rings. The van der Waals surface area contributed by atoms with E-state index in [9.17, 15) is 24.3 Å². The Bertz CT molecular complexity index is 795. The standard InChI is InChI=1S/C19H21N3O5/c23-14-10-15(24)22-16(17(14)25)19(27)21-13-8-6-12(7-9-13)20-18(26)11-4-2-1-3-5-11/h1-5,12-13,25H,6-10H2,(H,20,26)(H,21,27)(H,22,24)/t12-,13+. The highest BCUT2D eigenvalue weighted by Crippen LogP contribution is 2.20. The van der Waals surface area contributed by atoms with Crippen LogP contribution in [0, 0.1) is 0 Å². The number of ketones is 1. The molecular formula is C19H21N3O5. The fourth-order valence-electron chi connectivity index (χ4n) is 3.27. The van der Waals surface area contributed by atoms with Crippen LogP contribution in [-0.4, -0.2) is 40.7 Å². The number of allylic oxidation sites excluding steroid dienone is 1. The monoisotopic (exact) mass is 371 g/mol. The van der Waals surface area contributed by atoms with Crippen LogP contribution < -0.4 is 16.0 Å². The van der Waals surface area contributed by atoms with Gasteiger partial charge in [0.2, 0.25) is 11.7 Å². The Morgan fingerprint density at radius 3 is 2.07 bits per heavy atom. The molecule has 1 aliphatic carbocycles. The largest absolute Gasteiger partial charge is 0.503 e. The third-order valence-corrected chi connectivity index (χ3v) is 4.75. The van der Waals surface area contributed by atoms with E-state index in [1.807, 2.05) is 6.07 Å². The molecule has 0 bridgehead atoms. The first-order valence-electron chi connectivity index (χ1n) is 8.87. The molecule has 1 aromatic rings. The van der Waals surface area contributed by atoms with Gasteiger partial charge >= 0.3 is 0 Å². The van der Waals surface area contributed by atoms with Crippen molar-refractivity contribution >= 4 is 23.5 Å². The van der Waals surface area contributed by atoms with Crippen LogP contribution in [0.5, 0.6) is 0 Å². The van der Waals surface area contributed by atoms with Gasteiger partial charge < -0.3 is 21.1 Å². The number of hydrogen-bond acceptors (Lipinski definition) is 5. The summed E-state index contributed by atoms with van der Waals surface area (Å²) in [5.41, 5.74) is 0.212. The van der Waals surface area contributed by atoms with Crippen LogP contribution >= 0.6 is 0 Å². The van der Waals surface area contributed by atoms with Crippen LogP contribution in [-0.2, 0) is 14.4 Å². The van der Waals surface area contributed by atoms with Crippen molar-refractivity contribution in [1.29, 1.82) is 0 Å². The van der Waals surface area contributed by atoms with Crippen LogP contribution in [0.1, 0.15) is 42.5 Å². The average Bonchev–Trinajstić information content (AvgIpc) is 2.66. The van der Waals surface area contributed by atoms with E-state index in [2.05, 4.69) is 16.0 Å². The van der Waals surface area contributed by atoms with E-state index in [0.29, 0.717) is 31.2 Å². The van der Waals surface area contributed by atoms with Crippen LogP contribution in [0.3, 0.4) is 0 Å². The third-order valence-electron chi connectivity index (χ3n) is 4.75. The molecule has 8 heteroatoms. The SMILES string of the molecule is O=C1CC(=O)C(O)=C(C(=O)N[C@H]2CC[C@@H](NC(=O)c3ccccc3)CC2)N1. The van der Waals surface area contributed by atoms with Crippen molar-refractivity contribution < 1.29 is 24.3 Å². The number of benzene rings is 1. The van der Waals surface area contributed by atoms with E-state index in [1.165, 1.54) is 0 Å². The molecule has 1 fully saturated rings. The van der Waals surface area contributed by atoms with Gasteiger partial charge in [-0.2, -0.15) is 0 Å². The lowest BCUT2D eigenvalue weighted by Crippen LogP contribution is -2.47. The third kappa shape index (κ3) is 4.52. The molecule has 1 heterocycles. The minimum Gasteiger partial charge on any atom is -0.503 e. The minimum atomic E-state index is -0.767. The molecule has 0 atom stereocenters. The number of aliphatic hydroxyl groups excluding tert-OH is 1. The lowest BCUT2D eigenvalue weighted by atomic mass is 9.90. The molecule has 1 aliphatic heterocycles. The molecule has 1 saturated carbocycles. The summed E-state index contributed by atoms with van der Waals surface area (Å²) in [6.45, 7) is 0. The molecular weight excluding hydrogens is 350 g/mol. The molecule has 0 saturated heterocycles. The molecule has 3 amide bonds. The molecule has 27 heavy (non-hydrogen) atoms. The predicted molar refractivity (Wildman–Crippen MR) is 95.5 cm³/mol. The fourth-order valence-corrected chi connectivity index (χ4v) is 3.27. The first-order valence-corrected chi connectivity index (χ1v) is 8.87. The maximum atomic E-state index is 12.2. The lowest BCUT2D eigenvalue weighted by molar-refractivity contribution is -0.131. The Balaban J connectivity index is 1.50. The summed E-state index contributed by atoms with van der Waals surface area (Å²) in [5, 5.41) is 17.7. The van der Waals surface area contributed by atoms with Crippen molar-refractivity contribution in [2.45, 2.75) is 44.2 Å². The molecule has 0 radical (unpaired) electrons. The Kier molecular flexibility index (Phi) is 5.54. The van der Waals surface area contributed by atoms with Gasteiger partial charge in [-0.05, 0) is 37.8 Å². The number of carbonyl (C=O) groups is 4. The topological polar surface area (TPSA) is 125 Å². The highest BCUT2D eigenvalue weighted by atomic mass is 16.3. The lowest BCUT2D eigenvalue weighted by Gasteiger charge is -2.30. The Morgan fingerprint density at radius 1 is 0.926 bits per heavy atom. The molecule has 1 aromatic carbocycles. The maximum absolute atomic E-state index is 12.2. The van der Waals surface area contributed by atoms with Crippen molar-refractivity contribution in [3.63, 3.8) is 0 Å². The summed E-state index contributed by atoms with van der Waals surface area (Å²) in [7, 11) is 0. The molecule has 0 spiro atoms. The van der Waals surface area contributed by atoms with Gasteiger partial charge in [-0.25, -0.2) is 0 Å². The number of Topliss-reactive ketones (excluding diaryl/α,β-unsaturated/α-hetero) is 1. The van der Waals surface area contributed by atoms with Crippen molar-refractivity contribution in [1.82, 2.24) is 16.0 Å².